The first kappa shape index (κ1) is 14.3. The van der Waals surface area contributed by atoms with Gasteiger partial charge in [0.1, 0.15) is 5.03 Å². The Morgan fingerprint density at radius 2 is 1.81 bits per heavy atom. The minimum Gasteiger partial charge on any atom is -0.292 e. The van der Waals surface area contributed by atoms with Crippen LogP contribution in [0.15, 0.2) is 46.3 Å². The molecule has 1 aromatic heterocycles. The lowest BCUT2D eigenvalue weighted by Crippen LogP contribution is -2.24. The van der Waals surface area contributed by atoms with E-state index in [4.69, 9.17) is 0 Å². The molecule has 1 unspecified atom stereocenters. The van der Waals surface area contributed by atoms with Crippen molar-refractivity contribution in [3.05, 3.63) is 53.2 Å². The van der Waals surface area contributed by atoms with E-state index in [2.05, 4.69) is 4.98 Å². The molecule has 0 saturated heterocycles. The van der Waals surface area contributed by atoms with Gasteiger partial charge in [0.2, 0.25) is 0 Å². The van der Waals surface area contributed by atoms with Gasteiger partial charge in [0.25, 0.3) is 0 Å². The number of rotatable bonds is 2. The van der Waals surface area contributed by atoms with Crippen LogP contribution in [0.25, 0.3) is 0 Å². The molecule has 108 valence electrons. The van der Waals surface area contributed by atoms with E-state index in [1.807, 2.05) is 13.8 Å². The van der Waals surface area contributed by atoms with E-state index in [-0.39, 0.29) is 10.7 Å². The second-order valence-electron chi connectivity index (χ2n) is 4.93. The molecule has 0 radical (unpaired) electrons. The second-order valence-corrected chi connectivity index (χ2v) is 8.36. The summed E-state index contributed by atoms with van der Waals surface area (Å²) >= 11 is 1.03. The maximum atomic E-state index is 12.6. The highest BCUT2D eigenvalue weighted by atomic mass is 32.3. The number of pyridine rings is 1. The van der Waals surface area contributed by atoms with Gasteiger partial charge in [0, 0.05) is 5.69 Å². The maximum absolute atomic E-state index is 12.6. The van der Waals surface area contributed by atoms with Crippen molar-refractivity contribution in [1.29, 1.82) is 0 Å². The first-order chi connectivity index (χ1) is 9.91. The van der Waals surface area contributed by atoms with Gasteiger partial charge in [-0.25, -0.2) is 13.4 Å². The molecule has 0 saturated carbocycles. The van der Waals surface area contributed by atoms with Crippen LogP contribution in [0.5, 0.6) is 0 Å². The molecule has 4 nitrogen and oxygen atoms in total. The highest BCUT2D eigenvalue weighted by Crippen LogP contribution is 2.41. The number of ketones is 1. The van der Waals surface area contributed by atoms with E-state index in [1.54, 1.807) is 24.3 Å². The third kappa shape index (κ3) is 2.28. The Morgan fingerprint density at radius 3 is 2.48 bits per heavy atom. The van der Waals surface area contributed by atoms with Gasteiger partial charge in [-0.05, 0) is 37.6 Å². The standard InChI is InChI=1S/C15H13NO3S2/c1-9-8-10(2)16-14-12(9)13(17)15(20-14)21(18,19)11-6-4-3-5-7-11/h3-8,15H,1-2H3. The summed E-state index contributed by atoms with van der Waals surface area (Å²) in [5.74, 6) is -0.371. The van der Waals surface area contributed by atoms with Gasteiger partial charge in [-0.1, -0.05) is 30.0 Å². The molecule has 21 heavy (non-hydrogen) atoms. The van der Waals surface area contributed by atoms with Gasteiger partial charge in [-0.2, -0.15) is 0 Å². The Balaban J connectivity index is 2.08. The van der Waals surface area contributed by atoms with Gasteiger partial charge in [-0.3, -0.25) is 4.79 Å². The van der Waals surface area contributed by atoms with Gasteiger partial charge in [0.15, 0.2) is 20.2 Å². The van der Waals surface area contributed by atoms with Crippen LogP contribution >= 0.6 is 11.8 Å². The Kier molecular flexibility index (Phi) is 3.37. The minimum absolute atomic E-state index is 0.165. The molecule has 2 aromatic rings. The highest BCUT2D eigenvalue weighted by Gasteiger charge is 2.43. The van der Waals surface area contributed by atoms with E-state index in [0.29, 0.717) is 10.6 Å². The Bertz CT molecular complexity index is 829. The van der Waals surface area contributed by atoms with Crippen molar-refractivity contribution in [1.82, 2.24) is 4.98 Å². The van der Waals surface area contributed by atoms with Crippen LogP contribution in [0.1, 0.15) is 21.6 Å². The lowest BCUT2D eigenvalue weighted by molar-refractivity contribution is 0.101. The van der Waals surface area contributed by atoms with Crippen LogP contribution in [0, 0.1) is 13.8 Å². The van der Waals surface area contributed by atoms with Gasteiger partial charge in [-0.15, -0.1) is 0 Å². The van der Waals surface area contributed by atoms with E-state index in [1.165, 1.54) is 12.1 Å². The summed E-state index contributed by atoms with van der Waals surface area (Å²) in [4.78, 5) is 17.0. The smallest absolute Gasteiger partial charge is 0.198 e. The monoisotopic (exact) mass is 319 g/mol. The van der Waals surface area contributed by atoms with E-state index in [0.717, 1.165) is 23.0 Å². The first-order valence-corrected chi connectivity index (χ1v) is 8.82. The Morgan fingerprint density at radius 1 is 1.14 bits per heavy atom. The fourth-order valence-electron chi connectivity index (χ4n) is 2.40. The molecule has 1 aromatic carbocycles. The summed E-state index contributed by atoms with van der Waals surface area (Å²) in [7, 11) is -3.71. The average molecular weight is 319 g/mol. The van der Waals surface area contributed by atoms with E-state index >= 15 is 0 Å². The fourth-order valence-corrected chi connectivity index (χ4v) is 5.70. The molecule has 1 atom stereocenters. The third-order valence-electron chi connectivity index (χ3n) is 3.34. The lowest BCUT2D eigenvalue weighted by Gasteiger charge is -2.09. The summed E-state index contributed by atoms with van der Waals surface area (Å²) in [5, 5.41) is 0.516. The molecule has 0 fully saturated rings. The Hall–Kier alpha value is -1.66. The quantitative estimate of drug-likeness (QED) is 0.851. The predicted octanol–water partition coefficient (Wildman–Crippen LogP) is 2.79. The normalized spacial score (nSPS) is 17.8. The van der Waals surface area contributed by atoms with E-state index < -0.39 is 14.4 Å². The van der Waals surface area contributed by atoms with Crippen molar-refractivity contribution in [3.63, 3.8) is 0 Å². The zero-order chi connectivity index (χ0) is 15.2. The number of sulfone groups is 1. The number of nitrogens with zero attached hydrogens (tertiary/aromatic N) is 1. The van der Waals surface area contributed by atoms with Crippen molar-refractivity contribution < 1.29 is 13.2 Å². The Labute approximate surface area is 127 Å². The SMILES string of the molecule is Cc1cc(C)c2c(n1)SC(S(=O)(=O)c1ccccc1)C2=O. The molecule has 0 spiro atoms. The third-order valence-corrected chi connectivity index (χ3v) is 7.05. The number of thioether (sulfide) groups is 1. The highest BCUT2D eigenvalue weighted by molar-refractivity contribution is 8.15. The molecule has 1 aliphatic rings. The van der Waals surface area contributed by atoms with Gasteiger partial charge >= 0.3 is 0 Å². The molecule has 0 amide bonds. The zero-order valence-corrected chi connectivity index (χ0v) is 13.2. The lowest BCUT2D eigenvalue weighted by atomic mass is 10.1. The van der Waals surface area contributed by atoms with Crippen LogP contribution in [0.4, 0.5) is 0 Å². The van der Waals surface area contributed by atoms with Crippen molar-refractivity contribution in [2.24, 2.45) is 0 Å². The summed E-state index contributed by atoms with van der Waals surface area (Å²) in [6, 6.07) is 9.87. The maximum Gasteiger partial charge on any atom is 0.198 e. The largest absolute Gasteiger partial charge is 0.292 e. The van der Waals surface area contributed by atoms with Crippen LogP contribution in [0.2, 0.25) is 0 Å². The number of Topliss-reactive ketones (excluding diaryl/α,β-unsaturated/α-hetero) is 1. The number of fused-ring (bicyclic) bond motifs is 1. The first-order valence-electron chi connectivity index (χ1n) is 6.39. The average Bonchev–Trinajstić information content (AvgIpc) is 2.77. The van der Waals surface area contributed by atoms with Crippen molar-refractivity contribution in [3.8, 4) is 0 Å². The van der Waals surface area contributed by atoms with Crippen molar-refractivity contribution in [2.75, 3.05) is 0 Å². The van der Waals surface area contributed by atoms with Crippen LogP contribution in [-0.2, 0) is 9.84 Å². The number of aryl methyl sites for hydroxylation is 2. The van der Waals surface area contributed by atoms with Crippen LogP contribution in [0.3, 0.4) is 0 Å². The number of carbonyl (C=O) groups is 1. The molecular formula is C15H13NO3S2. The van der Waals surface area contributed by atoms with Crippen LogP contribution in [-0.4, -0.2) is 23.8 Å². The molecule has 3 rings (SSSR count). The number of benzene rings is 1. The van der Waals surface area contributed by atoms with E-state index in [9.17, 15) is 13.2 Å². The number of aromatic nitrogens is 1. The summed E-state index contributed by atoms with van der Waals surface area (Å²) in [5.41, 5.74) is 2.00. The predicted molar refractivity (Wildman–Crippen MR) is 81.3 cm³/mol. The molecular weight excluding hydrogens is 306 g/mol. The van der Waals surface area contributed by atoms with Crippen molar-refractivity contribution >= 4 is 27.4 Å². The number of hydrogen-bond donors (Lipinski definition) is 0. The summed E-state index contributed by atoms with van der Waals surface area (Å²) in [6.07, 6.45) is 0. The number of hydrogen-bond acceptors (Lipinski definition) is 5. The molecule has 1 aliphatic heterocycles. The second kappa shape index (κ2) is 4.96. The molecule has 0 bridgehead atoms. The van der Waals surface area contributed by atoms with Gasteiger partial charge < -0.3 is 0 Å². The van der Waals surface area contributed by atoms with Crippen molar-refractivity contribution in [2.45, 2.75) is 28.4 Å². The molecule has 6 heteroatoms. The summed E-state index contributed by atoms with van der Waals surface area (Å²) < 4.78 is 24.1. The minimum atomic E-state index is -3.71. The summed E-state index contributed by atoms with van der Waals surface area (Å²) in [6.45, 7) is 3.64. The zero-order valence-electron chi connectivity index (χ0n) is 11.5. The fraction of sp³-hybridized carbons (Fsp3) is 0.200. The molecule has 0 aliphatic carbocycles. The van der Waals surface area contributed by atoms with Gasteiger partial charge in [0.05, 0.1) is 10.5 Å². The topological polar surface area (TPSA) is 64.1 Å². The number of carbonyl (C=O) groups excluding carboxylic acids is 1. The molecule has 2 heterocycles. The van der Waals surface area contributed by atoms with Crippen LogP contribution < -0.4 is 0 Å². The molecule has 0 N–H and O–H groups in total.